The summed E-state index contributed by atoms with van der Waals surface area (Å²) in [5.74, 6) is -0.397. The van der Waals surface area contributed by atoms with Gasteiger partial charge >= 0.3 is 6.09 Å². The molecule has 2 amide bonds. The van der Waals surface area contributed by atoms with E-state index in [1.165, 1.54) is 0 Å². The lowest BCUT2D eigenvalue weighted by Gasteiger charge is -2.40. The molecule has 0 fully saturated rings. The van der Waals surface area contributed by atoms with Crippen LogP contribution in [0.15, 0.2) is 41.4 Å². The Hall–Kier alpha value is -3.44. The van der Waals surface area contributed by atoms with E-state index in [4.69, 9.17) is 4.74 Å². The first-order chi connectivity index (χ1) is 19.9. The summed E-state index contributed by atoms with van der Waals surface area (Å²) < 4.78 is 7.81. The van der Waals surface area contributed by atoms with Gasteiger partial charge in [0, 0.05) is 43.7 Å². The van der Waals surface area contributed by atoms with Gasteiger partial charge in [-0.05, 0) is 86.8 Å². The van der Waals surface area contributed by atoms with Crippen LogP contribution in [0.25, 0.3) is 16.5 Å². The van der Waals surface area contributed by atoms with Crippen LogP contribution in [0.1, 0.15) is 56.2 Å². The van der Waals surface area contributed by atoms with Gasteiger partial charge in [-0.1, -0.05) is 18.2 Å². The van der Waals surface area contributed by atoms with Crippen LogP contribution in [0.2, 0.25) is 0 Å². The van der Waals surface area contributed by atoms with Gasteiger partial charge in [0.05, 0.1) is 28.1 Å². The molecular weight excluding hydrogens is 600 g/mol. The molecule has 2 aromatic heterocycles. The quantitative estimate of drug-likeness (QED) is 0.390. The van der Waals surface area contributed by atoms with Gasteiger partial charge in [-0.2, -0.15) is 0 Å². The Morgan fingerprint density at radius 3 is 2.62 bits per heavy atom. The number of nitrogens with zero attached hydrogens (tertiary/aromatic N) is 4. The average Bonchev–Trinajstić information content (AvgIpc) is 3.54. The summed E-state index contributed by atoms with van der Waals surface area (Å²) in [5, 5.41) is 3.77. The van der Waals surface area contributed by atoms with E-state index >= 15 is 0 Å². The first kappa shape index (κ1) is 30.0. The van der Waals surface area contributed by atoms with Crippen molar-refractivity contribution in [2.24, 2.45) is 5.92 Å². The second-order valence-corrected chi connectivity index (χ2v) is 12.8. The molecule has 2 N–H and O–H groups in total. The summed E-state index contributed by atoms with van der Waals surface area (Å²) in [6.45, 7) is 11.3. The zero-order chi connectivity index (χ0) is 30.3. The molecule has 42 heavy (non-hydrogen) atoms. The van der Waals surface area contributed by atoms with E-state index < -0.39 is 17.7 Å². The highest BCUT2D eigenvalue weighted by molar-refractivity contribution is 9.10. The smallest absolute Gasteiger partial charge is 0.408 e. The van der Waals surface area contributed by atoms with Crippen LogP contribution in [0.4, 0.5) is 4.79 Å². The van der Waals surface area contributed by atoms with Crippen LogP contribution in [0.3, 0.4) is 0 Å². The van der Waals surface area contributed by atoms with Crippen LogP contribution in [0.5, 0.6) is 0 Å². The van der Waals surface area contributed by atoms with Crippen LogP contribution in [-0.4, -0.2) is 86.6 Å². The minimum atomic E-state index is -0.924. The number of hydrogen-bond donors (Lipinski definition) is 2. The number of likely N-dealkylation sites (N-methyl/N-ethyl adjacent to an activating group) is 1. The van der Waals surface area contributed by atoms with Crippen LogP contribution >= 0.6 is 15.9 Å². The number of imidazole rings is 1. The van der Waals surface area contributed by atoms with Gasteiger partial charge in [-0.3, -0.25) is 19.1 Å². The van der Waals surface area contributed by atoms with E-state index in [2.05, 4.69) is 55.3 Å². The largest absolute Gasteiger partial charge is 0.444 e. The van der Waals surface area contributed by atoms with Crippen molar-refractivity contribution in [3.63, 3.8) is 0 Å². The van der Waals surface area contributed by atoms with Gasteiger partial charge in [-0.25, -0.2) is 9.78 Å². The van der Waals surface area contributed by atoms with Gasteiger partial charge < -0.3 is 19.9 Å². The lowest BCUT2D eigenvalue weighted by atomic mass is 9.79. The van der Waals surface area contributed by atoms with E-state index in [1.807, 2.05) is 30.9 Å². The summed E-state index contributed by atoms with van der Waals surface area (Å²) in [6.07, 6.45) is 5.60. The Bertz CT molecular complexity index is 1530. The first-order valence-corrected chi connectivity index (χ1v) is 15.3. The molecule has 1 aromatic carbocycles. The highest BCUT2D eigenvalue weighted by Gasteiger charge is 2.39. The van der Waals surface area contributed by atoms with Crippen molar-refractivity contribution in [3.05, 3.63) is 58.2 Å². The molecule has 3 aromatic rings. The number of carbonyl (C=O) groups is 3. The number of alkyl carbamates (subject to hydrolysis) is 1. The first-order valence-electron chi connectivity index (χ1n) is 14.5. The molecule has 2 aliphatic rings. The molecule has 0 saturated heterocycles. The highest BCUT2D eigenvalue weighted by atomic mass is 79.9. The van der Waals surface area contributed by atoms with E-state index in [-0.39, 0.29) is 30.2 Å². The molecule has 0 unspecified atom stereocenters. The lowest BCUT2D eigenvalue weighted by Crippen LogP contribution is -2.47. The molecule has 3 heterocycles. The van der Waals surface area contributed by atoms with Crippen molar-refractivity contribution in [2.75, 3.05) is 26.7 Å². The fourth-order valence-electron chi connectivity index (χ4n) is 6.15. The monoisotopic (exact) mass is 638 g/mol. The Labute approximate surface area is 254 Å². The topological polar surface area (TPSA) is 113 Å². The summed E-state index contributed by atoms with van der Waals surface area (Å²) in [4.78, 5) is 51.8. The number of halogens is 1. The third-order valence-electron chi connectivity index (χ3n) is 8.07. The third kappa shape index (κ3) is 5.64. The Morgan fingerprint density at radius 1 is 1.24 bits per heavy atom. The molecule has 0 radical (unpaired) electrons. The van der Waals surface area contributed by atoms with Crippen molar-refractivity contribution in [1.82, 2.24) is 29.7 Å². The molecule has 0 saturated carbocycles. The number of aromatic amines is 1. The fourth-order valence-corrected chi connectivity index (χ4v) is 6.88. The predicted molar refractivity (Wildman–Crippen MR) is 165 cm³/mol. The van der Waals surface area contributed by atoms with Crippen molar-refractivity contribution in [1.29, 1.82) is 0 Å². The second-order valence-electron chi connectivity index (χ2n) is 12.0. The number of aromatic nitrogens is 3. The van der Waals surface area contributed by atoms with Crippen molar-refractivity contribution in [3.8, 4) is 0 Å². The normalized spacial score (nSPS) is 19.2. The minimum Gasteiger partial charge on any atom is -0.444 e. The number of H-pyrrole nitrogens is 1. The minimum absolute atomic E-state index is 0.0749. The molecule has 0 bridgehead atoms. The molecule has 3 atom stereocenters. The van der Waals surface area contributed by atoms with E-state index in [0.29, 0.717) is 36.4 Å². The molecule has 224 valence electrons. The second kappa shape index (κ2) is 11.7. The Kier molecular flexibility index (Phi) is 8.35. The molecular formula is C31H39BrN6O4. The van der Waals surface area contributed by atoms with Crippen molar-refractivity contribution < 1.29 is 19.1 Å². The SMILES string of the molecule is CCN(CC)C(=O)[C@@H]1C=C2c3cccc4c3c(c(Br)n4C(=O)[C@H](Cc3c[nH]cn3)NC(=O)OC(C)(C)C)C[C@H]2N(C)C1. The predicted octanol–water partition coefficient (Wildman–Crippen LogP) is 4.64. The summed E-state index contributed by atoms with van der Waals surface area (Å²) in [6, 6.07) is 5.10. The fraction of sp³-hybridized carbons (Fsp3) is 0.484. The molecule has 11 heteroatoms. The van der Waals surface area contributed by atoms with Gasteiger partial charge in [0.1, 0.15) is 11.6 Å². The number of rotatable bonds is 7. The van der Waals surface area contributed by atoms with Crippen LogP contribution in [0, 0.1) is 5.92 Å². The summed E-state index contributed by atoms with van der Waals surface area (Å²) in [7, 11) is 2.06. The number of hydrogen-bond acceptors (Lipinski definition) is 6. The third-order valence-corrected chi connectivity index (χ3v) is 8.90. The van der Waals surface area contributed by atoms with Crippen LogP contribution in [-0.2, 0) is 22.4 Å². The molecule has 1 aliphatic heterocycles. The number of ether oxygens (including phenoxy) is 1. The van der Waals surface area contributed by atoms with Crippen molar-refractivity contribution in [2.45, 2.75) is 65.1 Å². The van der Waals surface area contributed by atoms with E-state index in [9.17, 15) is 14.4 Å². The summed E-state index contributed by atoms with van der Waals surface area (Å²) in [5.41, 5.74) is 3.85. The Morgan fingerprint density at radius 2 is 1.98 bits per heavy atom. The van der Waals surface area contributed by atoms with Gasteiger partial charge in [0.25, 0.3) is 5.91 Å². The maximum Gasteiger partial charge on any atom is 0.408 e. The number of fused-ring (bicyclic) bond motifs is 2. The molecule has 1 aliphatic carbocycles. The molecule has 0 spiro atoms. The van der Waals surface area contributed by atoms with Gasteiger partial charge in [0.2, 0.25) is 5.91 Å². The standard InChI is InChI=1S/C31H39BrN6O4/c1-7-37(8-2)28(39)18-12-21-20-10-9-11-24-26(20)22(14-25(21)36(6)16-18)27(32)38(24)29(40)23(13-19-15-33-17-34-19)35-30(41)42-31(3,4)5/h9-12,15,17-18,23,25H,7-8,13-14,16H2,1-6H3,(H,33,34)(H,35,41)/t18-,23+,25-/m1/s1. The summed E-state index contributed by atoms with van der Waals surface area (Å²) >= 11 is 3.77. The number of nitrogens with one attached hydrogen (secondary N) is 2. The highest BCUT2D eigenvalue weighted by Crippen LogP contribution is 2.45. The zero-order valence-corrected chi connectivity index (χ0v) is 26.6. The van der Waals surface area contributed by atoms with E-state index in [1.54, 1.807) is 37.9 Å². The average molecular weight is 640 g/mol. The number of amides is 2. The number of benzene rings is 1. The molecule has 5 rings (SSSR count). The zero-order valence-electron chi connectivity index (χ0n) is 25.0. The Balaban J connectivity index is 1.57. The lowest BCUT2D eigenvalue weighted by molar-refractivity contribution is -0.134. The van der Waals surface area contributed by atoms with Gasteiger partial charge in [0.15, 0.2) is 0 Å². The van der Waals surface area contributed by atoms with Crippen molar-refractivity contribution >= 4 is 50.3 Å². The van der Waals surface area contributed by atoms with Gasteiger partial charge in [-0.15, -0.1) is 0 Å². The maximum atomic E-state index is 14.3. The van der Waals surface area contributed by atoms with E-state index in [0.717, 1.165) is 27.6 Å². The van der Waals surface area contributed by atoms with Crippen LogP contribution < -0.4 is 5.32 Å². The molecule has 10 nitrogen and oxygen atoms in total. The maximum absolute atomic E-state index is 14.3. The number of carbonyl (C=O) groups excluding carboxylic acids is 3.